The molecule has 0 unspecified atom stereocenters. The normalized spacial score (nSPS) is 10.8. The van der Waals surface area contributed by atoms with Gasteiger partial charge >= 0.3 is 0 Å². The minimum Gasteiger partial charge on any atom is -0.451 e. The molecule has 0 bridgehead atoms. The minimum absolute atomic E-state index is 0.137. The number of anilines is 1. The lowest BCUT2D eigenvalue weighted by molar-refractivity contribution is -0.115. The van der Waals surface area contributed by atoms with E-state index < -0.39 is 5.91 Å². The van der Waals surface area contributed by atoms with E-state index in [4.69, 9.17) is 16.0 Å². The highest BCUT2D eigenvalue weighted by Crippen LogP contribution is 2.23. The monoisotopic (exact) mass is 370 g/mol. The highest BCUT2D eigenvalue weighted by Gasteiger charge is 2.14. The molecule has 2 N–H and O–H groups in total. The number of nitrogens with one attached hydrogen (secondary N) is 2. The van der Waals surface area contributed by atoms with Crippen molar-refractivity contribution in [2.24, 2.45) is 0 Å². The van der Waals surface area contributed by atoms with E-state index in [2.05, 4.69) is 10.6 Å². The fourth-order valence-electron chi connectivity index (χ4n) is 2.93. The van der Waals surface area contributed by atoms with Gasteiger partial charge < -0.3 is 15.1 Å². The predicted molar refractivity (Wildman–Crippen MR) is 103 cm³/mol. The number of halogens is 1. The zero-order valence-electron chi connectivity index (χ0n) is 14.8. The molecule has 0 radical (unpaired) electrons. The molecule has 5 nitrogen and oxygen atoms in total. The molecule has 2 amide bonds. The van der Waals surface area contributed by atoms with E-state index >= 15 is 0 Å². The van der Waals surface area contributed by atoms with Crippen molar-refractivity contribution < 1.29 is 14.0 Å². The van der Waals surface area contributed by atoms with Gasteiger partial charge in [0.25, 0.3) is 5.91 Å². The Kier molecular flexibility index (Phi) is 5.00. The van der Waals surface area contributed by atoms with E-state index in [0.29, 0.717) is 10.6 Å². The molecule has 3 aromatic rings. The van der Waals surface area contributed by atoms with Crippen LogP contribution in [0.2, 0.25) is 5.02 Å². The summed E-state index contributed by atoms with van der Waals surface area (Å²) in [5.74, 6) is -0.616. The van der Waals surface area contributed by atoms with Gasteiger partial charge in [-0.05, 0) is 56.2 Å². The third-order valence-electron chi connectivity index (χ3n) is 4.05. The Balaban J connectivity index is 1.64. The maximum absolute atomic E-state index is 12.2. The first-order valence-corrected chi connectivity index (χ1v) is 8.56. The van der Waals surface area contributed by atoms with E-state index in [1.807, 2.05) is 32.9 Å². The maximum Gasteiger partial charge on any atom is 0.287 e. The number of rotatable bonds is 4. The van der Waals surface area contributed by atoms with Gasteiger partial charge in [0.05, 0.1) is 6.54 Å². The van der Waals surface area contributed by atoms with Crippen molar-refractivity contribution in [1.29, 1.82) is 0 Å². The molecule has 0 fully saturated rings. The molecule has 2 aromatic carbocycles. The number of carbonyl (C=O) groups is 2. The van der Waals surface area contributed by atoms with E-state index in [0.717, 1.165) is 27.8 Å². The van der Waals surface area contributed by atoms with Crippen LogP contribution < -0.4 is 10.6 Å². The summed E-state index contributed by atoms with van der Waals surface area (Å²) in [6.45, 7) is 5.73. The Morgan fingerprint density at radius 2 is 1.73 bits per heavy atom. The molecule has 0 spiro atoms. The van der Waals surface area contributed by atoms with Crippen molar-refractivity contribution in [1.82, 2.24) is 5.32 Å². The quantitative estimate of drug-likeness (QED) is 0.715. The standard InChI is InChI=1S/C20H19ClN2O3/c1-11-6-12(2)19(13(3)7-11)23-18(24)10-22-20(25)17-9-14-8-15(21)4-5-16(14)26-17/h4-9H,10H2,1-3H3,(H,22,25)(H,23,24). The third kappa shape index (κ3) is 3.89. The van der Waals surface area contributed by atoms with Crippen LogP contribution in [0, 0.1) is 20.8 Å². The average Bonchev–Trinajstić information content (AvgIpc) is 2.99. The third-order valence-corrected chi connectivity index (χ3v) is 4.29. The molecule has 6 heteroatoms. The lowest BCUT2D eigenvalue weighted by atomic mass is 10.1. The molecule has 1 aromatic heterocycles. The Labute approximate surface area is 156 Å². The zero-order valence-corrected chi connectivity index (χ0v) is 15.5. The van der Waals surface area contributed by atoms with Gasteiger partial charge in [-0.1, -0.05) is 29.3 Å². The van der Waals surface area contributed by atoms with Crippen molar-refractivity contribution in [2.75, 3.05) is 11.9 Å². The number of amides is 2. The van der Waals surface area contributed by atoms with Gasteiger partial charge in [0.15, 0.2) is 5.76 Å². The van der Waals surface area contributed by atoms with Gasteiger partial charge in [0.1, 0.15) is 5.58 Å². The number of benzene rings is 2. The van der Waals surface area contributed by atoms with Crippen molar-refractivity contribution in [3.63, 3.8) is 0 Å². The van der Waals surface area contributed by atoms with Gasteiger partial charge in [-0.25, -0.2) is 0 Å². The van der Waals surface area contributed by atoms with Gasteiger partial charge in [-0.15, -0.1) is 0 Å². The lowest BCUT2D eigenvalue weighted by Gasteiger charge is -2.13. The van der Waals surface area contributed by atoms with Gasteiger partial charge in [0, 0.05) is 16.1 Å². The lowest BCUT2D eigenvalue weighted by Crippen LogP contribution is -2.33. The zero-order chi connectivity index (χ0) is 18.8. The molecule has 0 aliphatic rings. The molecule has 1 heterocycles. The summed E-state index contributed by atoms with van der Waals surface area (Å²) < 4.78 is 5.48. The van der Waals surface area contributed by atoms with Crippen LogP contribution in [-0.4, -0.2) is 18.4 Å². The van der Waals surface area contributed by atoms with Crippen LogP contribution in [-0.2, 0) is 4.79 Å². The van der Waals surface area contributed by atoms with Crippen molar-refractivity contribution >= 4 is 40.1 Å². The fraction of sp³-hybridized carbons (Fsp3) is 0.200. The molecule has 0 saturated heterocycles. The molecular formula is C20H19ClN2O3. The van der Waals surface area contributed by atoms with Crippen molar-refractivity contribution in [3.8, 4) is 0 Å². The topological polar surface area (TPSA) is 71.3 Å². The van der Waals surface area contributed by atoms with E-state index in [9.17, 15) is 9.59 Å². The highest BCUT2D eigenvalue weighted by molar-refractivity contribution is 6.31. The number of carbonyl (C=O) groups excluding carboxylic acids is 2. The molecule has 0 aliphatic carbocycles. The molecule has 26 heavy (non-hydrogen) atoms. The molecule has 0 aliphatic heterocycles. The molecule has 3 rings (SSSR count). The second-order valence-corrected chi connectivity index (χ2v) is 6.73. The summed E-state index contributed by atoms with van der Waals surface area (Å²) >= 11 is 5.93. The number of hydrogen-bond acceptors (Lipinski definition) is 3. The van der Waals surface area contributed by atoms with Crippen LogP contribution in [0.4, 0.5) is 5.69 Å². The molecule has 134 valence electrons. The van der Waals surface area contributed by atoms with Crippen LogP contribution in [0.5, 0.6) is 0 Å². The summed E-state index contributed by atoms with van der Waals surface area (Å²) in [5, 5.41) is 6.71. The van der Waals surface area contributed by atoms with Crippen LogP contribution in [0.15, 0.2) is 40.8 Å². The average molecular weight is 371 g/mol. The van der Waals surface area contributed by atoms with E-state index in [1.54, 1.807) is 24.3 Å². The van der Waals surface area contributed by atoms with E-state index in [1.165, 1.54) is 0 Å². The highest BCUT2D eigenvalue weighted by atomic mass is 35.5. The van der Waals surface area contributed by atoms with Crippen molar-refractivity contribution in [3.05, 3.63) is 63.9 Å². The Morgan fingerprint density at radius 3 is 2.42 bits per heavy atom. The summed E-state index contributed by atoms with van der Waals surface area (Å²) in [4.78, 5) is 24.4. The Morgan fingerprint density at radius 1 is 1.04 bits per heavy atom. The van der Waals surface area contributed by atoms with Crippen LogP contribution >= 0.6 is 11.6 Å². The molecule has 0 atom stereocenters. The first kappa shape index (κ1) is 18.0. The van der Waals surface area contributed by atoms with Gasteiger partial charge in [-0.2, -0.15) is 0 Å². The second kappa shape index (κ2) is 7.22. The fourth-order valence-corrected chi connectivity index (χ4v) is 3.12. The Bertz CT molecular complexity index is 984. The first-order chi connectivity index (χ1) is 12.3. The number of furan rings is 1. The number of aryl methyl sites for hydroxylation is 3. The Hall–Kier alpha value is -2.79. The predicted octanol–water partition coefficient (Wildman–Crippen LogP) is 4.38. The van der Waals surface area contributed by atoms with Crippen LogP contribution in [0.1, 0.15) is 27.2 Å². The van der Waals surface area contributed by atoms with E-state index in [-0.39, 0.29) is 18.2 Å². The second-order valence-electron chi connectivity index (χ2n) is 6.30. The summed E-state index contributed by atoms with van der Waals surface area (Å²) in [6.07, 6.45) is 0. The molecule has 0 saturated carbocycles. The van der Waals surface area contributed by atoms with Gasteiger partial charge in [0.2, 0.25) is 5.91 Å². The number of hydrogen-bond donors (Lipinski definition) is 2. The van der Waals surface area contributed by atoms with Crippen LogP contribution in [0.3, 0.4) is 0 Å². The number of fused-ring (bicyclic) bond motifs is 1. The minimum atomic E-state index is -0.454. The van der Waals surface area contributed by atoms with Gasteiger partial charge in [-0.3, -0.25) is 9.59 Å². The smallest absolute Gasteiger partial charge is 0.287 e. The summed E-state index contributed by atoms with van der Waals surface area (Å²) in [7, 11) is 0. The largest absolute Gasteiger partial charge is 0.451 e. The van der Waals surface area contributed by atoms with Crippen molar-refractivity contribution in [2.45, 2.75) is 20.8 Å². The van der Waals surface area contributed by atoms with Crippen LogP contribution in [0.25, 0.3) is 11.0 Å². The summed E-state index contributed by atoms with van der Waals surface area (Å²) in [6, 6.07) is 10.7. The maximum atomic E-state index is 12.2. The summed E-state index contributed by atoms with van der Waals surface area (Å²) in [5.41, 5.74) is 4.44. The first-order valence-electron chi connectivity index (χ1n) is 8.18. The molecular weight excluding hydrogens is 352 g/mol. The SMILES string of the molecule is Cc1cc(C)c(NC(=O)CNC(=O)c2cc3cc(Cl)ccc3o2)c(C)c1.